The number of nitrogens with zero attached hydrogens (tertiary/aromatic N) is 2. The Labute approximate surface area is 185 Å². The third-order valence-electron chi connectivity index (χ3n) is 3.99. The molecule has 0 heterocycles. The van der Waals surface area contributed by atoms with Gasteiger partial charge in [0, 0.05) is 15.1 Å². The monoisotopic (exact) mass is 485 g/mol. The normalized spacial score (nSPS) is 10.6. The predicted molar refractivity (Wildman–Crippen MR) is 116 cm³/mol. The minimum atomic E-state index is -0.795. The highest BCUT2D eigenvalue weighted by Gasteiger charge is 2.11. The Balaban J connectivity index is 1.70. The van der Waals surface area contributed by atoms with Crippen LogP contribution in [0.5, 0.6) is 5.75 Å². The highest BCUT2D eigenvalue weighted by atomic mass is 79.9. The lowest BCUT2D eigenvalue weighted by molar-refractivity contribution is 0.0951. The number of amides is 1. The summed E-state index contributed by atoms with van der Waals surface area (Å²) in [5.74, 6) is -0.973. The van der Waals surface area contributed by atoms with E-state index in [0.717, 1.165) is 16.1 Å². The molecule has 0 bridgehead atoms. The molecule has 0 aliphatic carbocycles. The summed E-state index contributed by atoms with van der Waals surface area (Å²) in [5, 5.41) is 13.3. The van der Waals surface area contributed by atoms with Gasteiger partial charge in [-0.1, -0.05) is 39.7 Å². The topological polar surface area (TPSA) is 74.5 Å². The van der Waals surface area contributed by atoms with E-state index in [1.165, 1.54) is 18.3 Å². The van der Waals surface area contributed by atoms with Gasteiger partial charge in [-0.15, -0.1) is 0 Å². The number of nitriles is 1. The summed E-state index contributed by atoms with van der Waals surface area (Å²) in [6.07, 6.45) is 1.40. The van der Waals surface area contributed by atoms with E-state index in [1.807, 2.05) is 24.3 Å². The lowest BCUT2D eigenvalue weighted by Crippen LogP contribution is -2.19. The molecular formula is C22H14BrClFN3O2. The third kappa shape index (κ3) is 5.66. The van der Waals surface area contributed by atoms with Gasteiger partial charge in [0.15, 0.2) is 0 Å². The first-order chi connectivity index (χ1) is 14.5. The van der Waals surface area contributed by atoms with Crippen molar-refractivity contribution >= 4 is 39.7 Å². The molecule has 0 saturated heterocycles. The number of nitrogens with one attached hydrogen (secondary N) is 1. The first-order valence-electron chi connectivity index (χ1n) is 8.66. The molecule has 0 spiro atoms. The van der Waals surface area contributed by atoms with Crippen molar-refractivity contribution in [2.24, 2.45) is 5.10 Å². The van der Waals surface area contributed by atoms with E-state index in [9.17, 15) is 9.18 Å². The van der Waals surface area contributed by atoms with Crippen molar-refractivity contribution in [3.63, 3.8) is 0 Å². The molecule has 0 radical (unpaired) electrons. The predicted octanol–water partition coefficient (Wildman–Crippen LogP) is 5.46. The second-order valence-corrected chi connectivity index (χ2v) is 7.45. The van der Waals surface area contributed by atoms with Crippen LogP contribution in [0.1, 0.15) is 27.0 Å². The van der Waals surface area contributed by atoms with E-state index < -0.39 is 11.7 Å². The summed E-state index contributed by atoms with van der Waals surface area (Å²) in [4.78, 5) is 12.1. The molecule has 0 aliphatic heterocycles. The molecule has 0 atom stereocenters. The van der Waals surface area contributed by atoms with Gasteiger partial charge in [-0.2, -0.15) is 10.4 Å². The smallest absolute Gasteiger partial charge is 0.274 e. The number of hydrogen-bond donors (Lipinski definition) is 1. The quantitative estimate of drug-likeness (QED) is 0.371. The lowest BCUT2D eigenvalue weighted by Gasteiger charge is -2.10. The molecular weight excluding hydrogens is 473 g/mol. The van der Waals surface area contributed by atoms with Gasteiger partial charge >= 0.3 is 0 Å². The fourth-order valence-electron chi connectivity index (χ4n) is 2.48. The Bertz CT molecular complexity index is 1140. The van der Waals surface area contributed by atoms with Gasteiger partial charge in [0.25, 0.3) is 5.91 Å². The SMILES string of the molecule is N#Cc1ccc(C(=O)N/N=C\c2cc(Br)ccc2OCc2ccc(Cl)cc2)c(F)c1. The number of carbonyl (C=O) groups is 1. The first kappa shape index (κ1) is 21.5. The molecule has 3 aromatic rings. The molecule has 5 nitrogen and oxygen atoms in total. The highest BCUT2D eigenvalue weighted by Crippen LogP contribution is 2.23. The van der Waals surface area contributed by atoms with Crippen LogP contribution < -0.4 is 10.2 Å². The molecule has 1 amide bonds. The van der Waals surface area contributed by atoms with Crippen molar-refractivity contribution in [1.82, 2.24) is 5.43 Å². The zero-order valence-corrected chi connectivity index (χ0v) is 17.7. The van der Waals surface area contributed by atoms with Crippen LogP contribution >= 0.6 is 27.5 Å². The molecule has 1 N–H and O–H groups in total. The van der Waals surface area contributed by atoms with Crippen molar-refractivity contribution in [2.45, 2.75) is 6.61 Å². The lowest BCUT2D eigenvalue weighted by atomic mass is 10.1. The van der Waals surface area contributed by atoms with E-state index in [4.69, 9.17) is 21.6 Å². The number of benzene rings is 3. The van der Waals surface area contributed by atoms with Gasteiger partial charge in [0.1, 0.15) is 18.2 Å². The van der Waals surface area contributed by atoms with Gasteiger partial charge < -0.3 is 4.74 Å². The Morgan fingerprint density at radius 3 is 2.67 bits per heavy atom. The van der Waals surface area contributed by atoms with E-state index in [0.29, 0.717) is 22.9 Å². The molecule has 30 heavy (non-hydrogen) atoms. The molecule has 0 saturated carbocycles. The van der Waals surface area contributed by atoms with E-state index in [-0.39, 0.29) is 11.1 Å². The van der Waals surface area contributed by atoms with Crippen LogP contribution in [-0.4, -0.2) is 12.1 Å². The molecule has 0 fully saturated rings. The highest BCUT2D eigenvalue weighted by molar-refractivity contribution is 9.10. The van der Waals surface area contributed by atoms with Crippen LogP contribution in [0, 0.1) is 17.1 Å². The number of rotatable bonds is 6. The second kappa shape index (κ2) is 10.0. The summed E-state index contributed by atoms with van der Waals surface area (Å²) in [5.41, 5.74) is 3.74. The number of hydrazone groups is 1. The van der Waals surface area contributed by atoms with Crippen molar-refractivity contribution in [1.29, 1.82) is 5.26 Å². The standard InChI is InChI=1S/C22H14BrClFN3O2/c23-17-4-8-21(30-13-14-1-5-18(24)6-2-14)16(10-17)12-27-28-22(29)19-7-3-15(11-26)9-20(19)25/h1-10,12H,13H2,(H,28,29)/b27-12-. The van der Waals surface area contributed by atoms with Crippen LogP contribution in [0.25, 0.3) is 0 Å². The van der Waals surface area contributed by atoms with Gasteiger partial charge in [-0.3, -0.25) is 4.79 Å². The maximum absolute atomic E-state index is 13.9. The average Bonchev–Trinajstić information content (AvgIpc) is 2.74. The second-order valence-electron chi connectivity index (χ2n) is 6.10. The number of ether oxygens (including phenoxy) is 1. The molecule has 0 unspecified atom stereocenters. The number of halogens is 3. The van der Waals surface area contributed by atoms with Crippen LogP contribution in [0.15, 0.2) is 70.2 Å². The summed E-state index contributed by atoms with van der Waals surface area (Å²) < 4.78 is 20.6. The van der Waals surface area contributed by atoms with E-state index in [1.54, 1.807) is 24.3 Å². The molecule has 150 valence electrons. The van der Waals surface area contributed by atoms with Crippen molar-refractivity contribution in [2.75, 3.05) is 0 Å². The molecule has 3 rings (SSSR count). The largest absolute Gasteiger partial charge is 0.488 e. The minimum absolute atomic E-state index is 0.129. The van der Waals surface area contributed by atoms with Crippen LogP contribution in [0.2, 0.25) is 5.02 Å². The Hall–Kier alpha value is -3.21. The van der Waals surface area contributed by atoms with E-state index >= 15 is 0 Å². The Morgan fingerprint density at radius 1 is 1.20 bits per heavy atom. The van der Waals surface area contributed by atoms with Crippen LogP contribution in [0.3, 0.4) is 0 Å². The Kier molecular flexibility index (Phi) is 7.17. The molecule has 0 aromatic heterocycles. The van der Waals surface area contributed by atoms with Gasteiger partial charge in [-0.05, 0) is 54.1 Å². The maximum Gasteiger partial charge on any atom is 0.274 e. The van der Waals surface area contributed by atoms with Gasteiger partial charge in [0.2, 0.25) is 0 Å². The third-order valence-corrected chi connectivity index (χ3v) is 4.74. The fraction of sp³-hybridized carbons (Fsp3) is 0.0455. The van der Waals surface area contributed by atoms with Crippen LogP contribution in [0.4, 0.5) is 4.39 Å². The summed E-state index contributed by atoms with van der Waals surface area (Å²) in [7, 11) is 0. The Morgan fingerprint density at radius 2 is 1.97 bits per heavy atom. The molecule has 0 aliphatic rings. The number of hydrogen-bond acceptors (Lipinski definition) is 4. The zero-order chi connectivity index (χ0) is 21.5. The van der Waals surface area contributed by atoms with Gasteiger partial charge in [-0.25, -0.2) is 9.82 Å². The average molecular weight is 487 g/mol. The van der Waals surface area contributed by atoms with Crippen molar-refractivity contribution in [3.05, 3.63) is 98.2 Å². The fourth-order valence-corrected chi connectivity index (χ4v) is 2.99. The summed E-state index contributed by atoms with van der Waals surface area (Å²) in [6, 6.07) is 18.0. The van der Waals surface area contributed by atoms with Crippen molar-refractivity contribution < 1.29 is 13.9 Å². The summed E-state index contributed by atoms with van der Waals surface area (Å²) >= 11 is 9.27. The first-order valence-corrected chi connectivity index (χ1v) is 9.83. The number of carbonyl (C=O) groups excluding carboxylic acids is 1. The van der Waals surface area contributed by atoms with Gasteiger partial charge in [0.05, 0.1) is 23.4 Å². The zero-order valence-electron chi connectivity index (χ0n) is 15.4. The maximum atomic E-state index is 13.9. The molecule has 8 heteroatoms. The molecule has 3 aromatic carbocycles. The minimum Gasteiger partial charge on any atom is -0.488 e. The van der Waals surface area contributed by atoms with E-state index in [2.05, 4.69) is 26.5 Å². The summed E-state index contributed by atoms with van der Waals surface area (Å²) in [6.45, 7) is 0.322. The van der Waals surface area contributed by atoms with Crippen molar-refractivity contribution in [3.8, 4) is 11.8 Å². The van der Waals surface area contributed by atoms with Crippen LogP contribution in [-0.2, 0) is 6.61 Å².